The molecule has 0 spiro atoms. The van der Waals surface area contributed by atoms with E-state index in [1.165, 1.54) is 12.8 Å². The van der Waals surface area contributed by atoms with Gasteiger partial charge in [-0.2, -0.15) is 4.98 Å². The fourth-order valence-corrected chi connectivity index (χ4v) is 5.85. The Kier molecular flexibility index (Phi) is 6.47. The first kappa shape index (κ1) is 22.7. The first-order valence-electron chi connectivity index (χ1n) is 11.7. The first-order chi connectivity index (χ1) is 16.4. The number of hydrogen-bond donors (Lipinski definition) is 1. The van der Waals surface area contributed by atoms with Gasteiger partial charge in [0.15, 0.2) is 9.84 Å². The Morgan fingerprint density at radius 1 is 1.06 bits per heavy atom. The van der Waals surface area contributed by atoms with Gasteiger partial charge in [-0.15, -0.1) is 0 Å². The lowest BCUT2D eigenvalue weighted by Crippen LogP contribution is -2.39. The van der Waals surface area contributed by atoms with Crippen LogP contribution < -0.4 is 5.32 Å². The molecule has 1 aliphatic heterocycles. The van der Waals surface area contributed by atoms with Crippen molar-refractivity contribution in [2.75, 3.05) is 29.9 Å². The maximum Gasteiger partial charge on any atom is 0.255 e. The molecular formula is C25H28N4O4S. The second-order valence-corrected chi connectivity index (χ2v) is 11.4. The molecule has 1 saturated carbocycles. The minimum absolute atomic E-state index is 0.189. The summed E-state index contributed by atoms with van der Waals surface area (Å²) in [5.74, 6) is 1.84. The van der Waals surface area contributed by atoms with Crippen LogP contribution in [-0.2, 0) is 16.4 Å². The highest BCUT2D eigenvalue weighted by Gasteiger charge is 2.23. The Morgan fingerprint density at radius 2 is 1.79 bits per heavy atom. The molecule has 1 N–H and O–H groups in total. The third kappa shape index (κ3) is 5.37. The van der Waals surface area contributed by atoms with Gasteiger partial charge in [-0.05, 0) is 54.8 Å². The second kappa shape index (κ2) is 9.68. The van der Waals surface area contributed by atoms with Gasteiger partial charge in [-0.25, -0.2) is 8.42 Å². The van der Waals surface area contributed by atoms with E-state index < -0.39 is 9.84 Å². The number of nitrogens with zero attached hydrogens (tertiary/aromatic N) is 3. The minimum Gasteiger partial charge on any atom is -0.339 e. The molecule has 178 valence electrons. The number of aromatic nitrogens is 2. The molecule has 2 fully saturated rings. The molecule has 8 nitrogen and oxygen atoms in total. The summed E-state index contributed by atoms with van der Waals surface area (Å²) in [6.07, 6.45) is 4.63. The Morgan fingerprint density at radius 3 is 2.53 bits per heavy atom. The molecule has 0 radical (unpaired) electrons. The number of sulfone groups is 1. The van der Waals surface area contributed by atoms with E-state index in [4.69, 9.17) is 4.52 Å². The van der Waals surface area contributed by atoms with Crippen LogP contribution in [0.1, 0.15) is 53.4 Å². The molecule has 0 atom stereocenters. The van der Waals surface area contributed by atoms with E-state index in [9.17, 15) is 13.2 Å². The van der Waals surface area contributed by atoms with E-state index in [0.717, 1.165) is 29.9 Å². The molecule has 9 heteroatoms. The zero-order valence-corrected chi connectivity index (χ0v) is 19.8. The van der Waals surface area contributed by atoms with Crippen LogP contribution >= 0.6 is 0 Å². The van der Waals surface area contributed by atoms with Crippen molar-refractivity contribution in [1.29, 1.82) is 0 Å². The van der Waals surface area contributed by atoms with Crippen molar-refractivity contribution >= 4 is 21.4 Å². The molecule has 3 aromatic rings. The molecule has 0 unspecified atom stereocenters. The normalized spacial score (nSPS) is 18.7. The average molecular weight is 481 g/mol. The molecule has 1 aliphatic carbocycles. The van der Waals surface area contributed by atoms with Crippen molar-refractivity contribution in [3.8, 4) is 11.4 Å². The van der Waals surface area contributed by atoms with Gasteiger partial charge in [-0.1, -0.05) is 30.1 Å². The maximum absolute atomic E-state index is 12.8. The van der Waals surface area contributed by atoms with E-state index in [-0.39, 0.29) is 17.4 Å². The van der Waals surface area contributed by atoms with Crippen LogP contribution in [0.3, 0.4) is 0 Å². The fourth-order valence-electron chi connectivity index (χ4n) is 4.57. The summed E-state index contributed by atoms with van der Waals surface area (Å²) in [7, 11) is -2.91. The van der Waals surface area contributed by atoms with Crippen LogP contribution in [0.5, 0.6) is 0 Å². The number of carbonyl (C=O) groups excluding carboxylic acids is 1. The number of benzene rings is 2. The van der Waals surface area contributed by atoms with E-state index in [1.54, 1.807) is 6.07 Å². The van der Waals surface area contributed by atoms with E-state index in [2.05, 4.69) is 20.4 Å². The average Bonchev–Trinajstić information content (AvgIpc) is 3.53. The first-order valence-corrected chi connectivity index (χ1v) is 13.5. The molecule has 1 saturated heterocycles. The quantitative estimate of drug-likeness (QED) is 0.571. The van der Waals surface area contributed by atoms with Crippen LogP contribution in [0.2, 0.25) is 0 Å². The summed E-state index contributed by atoms with van der Waals surface area (Å²) in [6, 6.07) is 14.9. The molecule has 34 heavy (non-hydrogen) atoms. The predicted molar refractivity (Wildman–Crippen MR) is 129 cm³/mol. The van der Waals surface area contributed by atoms with Gasteiger partial charge < -0.3 is 9.84 Å². The van der Waals surface area contributed by atoms with Crippen LogP contribution in [0, 0.1) is 0 Å². The Labute approximate surface area is 199 Å². The molecule has 2 heterocycles. The number of rotatable bonds is 6. The zero-order valence-electron chi connectivity index (χ0n) is 18.9. The lowest BCUT2D eigenvalue weighted by molar-refractivity contribution is 0.102. The summed E-state index contributed by atoms with van der Waals surface area (Å²) < 4.78 is 28.7. The summed E-state index contributed by atoms with van der Waals surface area (Å²) in [5, 5.41) is 7.06. The van der Waals surface area contributed by atoms with Crippen LogP contribution in [0.25, 0.3) is 11.4 Å². The van der Waals surface area contributed by atoms with Crippen LogP contribution in [0.15, 0.2) is 53.1 Å². The van der Waals surface area contributed by atoms with Gasteiger partial charge >= 0.3 is 0 Å². The maximum atomic E-state index is 12.8. The standard InChI is InChI=1S/C25H28N4O4S/c30-24(21-7-3-4-18(16-21)17-29-12-14-34(31,32)15-13-29)26-22-10-8-19(9-11-22)23-27-25(33-28-23)20-5-1-2-6-20/h3-4,7-11,16,20H,1-2,5-6,12-15,17H2,(H,26,30). The summed E-state index contributed by atoms with van der Waals surface area (Å²) in [6.45, 7) is 1.67. The smallest absolute Gasteiger partial charge is 0.255 e. The van der Waals surface area contributed by atoms with Crippen molar-refractivity contribution in [2.24, 2.45) is 0 Å². The molecule has 1 aromatic heterocycles. The van der Waals surface area contributed by atoms with Crippen molar-refractivity contribution in [1.82, 2.24) is 15.0 Å². The summed E-state index contributed by atoms with van der Waals surface area (Å²) in [4.78, 5) is 19.5. The Hall–Kier alpha value is -3.04. The van der Waals surface area contributed by atoms with Crippen molar-refractivity contribution < 1.29 is 17.7 Å². The fraction of sp³-hybridized carbons (Fsp3) is 0.400. The minimum atomic E-state index is -2.91. The summed E-state index contributed by atoms with van der Waals surface area (Å²) in [5.41, 5.74) is 3.07. The summed E-state index contributed by atoms with van der Waals surface area (Å²) >= 11 is 0. The number of anilines is 1. The molecule has 2 aliphatic rings. The van der Waals surface area contributed by atoms with Gasteiger partial charge in [0, 0.05) is 42.4 Å². The van der Waals surface area contributed by atoms with Gasteiger partial charge in [0.1, 0.15) is 0 Å². The topological polar surface area (TPSA) is 105 Å². The lowest BCUT2D eigenvalue weighted by Gasteiger charge is -2.26. The van der Waals surface area contributed by atoms with Gasteiger partial charge in [0.2, 0.25) is 11.7 Å². The van der Waals surface area contributed by atoms with Gasteiger partial charge in [-0.3, -0.25) is 9.69 Å². The van der Waals surface area contributed by atoms with Crippen LogP contribution in [-0.4, -0.2) is 54.0 Å². The lowest BCUT2D eigenvalue weighted by atomic mass is 10.1. The number of hydrogen-bond acceptors (Lipinski definition) is 7. The highest BCUT2D eigenvalue weighted by molar-refractivity contribution is 7.91. The van der Waals surface area contributed by atoms with E-state index >= 15 is 0 Å². The van der Waals surface area contributed by atoms with Crippen LogP contribution in [0.4, 0.5) is 5.69 Å². The number of carbonyl (C=O) groups is 1. The highest BCUT2D eigenvalue weighted by atomic mass is 32.2. The van der Waals surface area contributed by atoms with E-state index in [1.807, 2.05) is 42.5 Å². The Balaban J connectivity index is 1.20. The molecule has 0 bridgehead atoms. The SMILES string of the molecule is O=C(Nc1ccc(-c2noc(C3CCCC3)n2)cc1)c1cccc(CN2CCS(=O)(=O)CC2)c1. The number of nitrogens with one attached hydrogen (secondary N) is 1. The molecule has 5 rings (SSSR count). The second-order valence-electron chi connectivity index (χ2n) is 9.10. The third-order valence-electron chi connectivity index (χ3n) is 6.58. The third-order valence-corrected chi connectivity index (χ3v) is 8.19. The van der Waals surface area contributed by atoms with Gasteiger partial charge in [0.05, 0.1) is 11.5 Å². The predicted octanol–water partition coefficient (Wildman–Crippen LogP) is 3.88. The van der Waals surface area contributed by atoms with E-state index in [0.29, 0.717) is 42.6 Å². The largest absolute Gasteiger partial charge is 0.339 e. The van der Waals surface area contributed by atoms with Crippen molar-refractivity contribution in [3.05, 3.63) is 65.5 Å². The highest BCUT2D eigenvalue weighted by Crippen LogP contribution is 2.34. The van der Waals surface area contributed by atoms with Crippen molar-refractivity contribution in [2.45, 2.75) is 38.1 Å². The molecule has 2 aromatic carbocycles. The number of amides is 1. The zero-order chi connectivity index (χ0) is 23.5. The van der Waals surface area contributed by atoms with Crippen molar-refractivity contribution in [3.63, 3.8) is 0 Å². The van der Waals surface area contributed by atoms with Gasteiger partial charge in [0.25, 0.3) is 5.91 Å². The molecular weight excluding hydrogens is 452 g/mol. The Bertz CT molecular complexity index is 1250. The monoisotopic (exact) mass is 480 g/mol. The molecule has 1 amide bonds.